The largest absolute Gasteiger partial charge is 0.316 e. The zero-order valence-corrected chi connectivity index (χ0v) is 10.4. The van der Waals surface area contributed by atoms with E-state index in [0.29, 0.717) is 0 Å². The molecule has 0 unspecified atom stereocenters. The highest BCUT2D eigenvalue weighted by Gasteiger charge is 1.91. The van der Waals surface area contributed by atoms with Crippen molar-refractivity contribution in [3.8, 4) is 0 Å². The summed E-state index contributed by atoms with van der Waals surface area (Å²) in [6.45, 7) is 2.26. The molecule has 1 N–H and O–H groups in total. The summed E-state index contributed by atoms with van der Waals surface area (Å²) in [5.41, 5.74) is 1.43. The maximum atomic E-state index is 3.48. The molecular formula is C13H21NS. The van der Waals surface area contributed by atoms with Crippen LogP contribution in [0.15, 0.2) is 30.3 Å². The minimum absolute atomic E-state index is 1.10. The third-order valence-corrected chi connectivity index (χ3v) is 3.08. The molecule has 0 aliphatic heterocycles. The molecule has 0 radical (unpaired) electrons. The summed E-state index contributed by atoms with van der Waals surface area (Å²) >= 11 is 1.93. The number of unbranched alkanes of at least 4 members (excludes halogenated alkanes) is 1. The van der Waals surface area contributed by atoms with Crippen molar-refractivity contribution in [3.63, 3.8) is 0 Å². The van der Waals surface area contributed by atoms with Gasteiger partial charge in [-0.25, -0.2) is 0 Å². The minimum atomic E-state index is 1.10. The third kappa shape index (κ3) is 6.58. The normalized spacial score (nSPS) is 10.5. The van der Waals surface area contributed by atoms with Crippen LogP contribution >= 0.6 is 11.8 Å². The SMILES string of the molecule is CSCCCCNCCc1ccccc1. The van der Waals surface area contributed by atoms with Gasteiger partial charge in [0.15, 0.2) is 0 Å². The Bertz CT molecular complexity index is 236. The van der Waals surface area contributed by atoms with Gasteiger partial charge in [-0.05, 0) is 49.9 Å². The summed E-state index contributed by atoms with van der Waals surface area (Å²) in [4.78, 5) is 0. The predicted octanol–water partition coefficient (Wildman–Crippen LogP) is 2.96. The van der Waals surface area contributed by atoms with E-state index in [1.165, 1.54) is 24.2 Å². The van der Waals surface area contributed by atoms with Crippen LogP contribution in [0.4, 0.5) is 0 Å². The fraction of sp³-hybridized carbons (Fsp3) is 0.538. The minimum Gasteiger partial charge on any atom is -0.316 e. The molecule has 15 heavy (non-hydrogen) atoms. The van der Waals surface area contributed by atoms with Crippen LogP contribution in [0.5, 0.6) is 0 Å². The Hall–Kier alpha value is -0.470. The summed E-state index contributed by atoms with van der Waals surface area (Å²) in [7, 11) is 0. The molecule has 1 nitrogen and oxygen atoms in total. The molecule has 0 aromatic heterocycles. The fourth-order valence-electron chi connectivity index (χ4n) is 1.50. The van der Waals surface area contributed by atoms with Crippen LogP contribution in [0.3, 0.4) is 0 Å². The van der Waals surface area contributed by atoms with Crippen LogP contribution in [0.1, 0.15) is 18.4 Å². The molecule has 1 aromatic rings. The first-order valence-electron chi connectivity index (χ1n) is 5.67. The molecule has 2 heteroatoms. The van der Waals surface area contributed by atoms with Crippen LogP contribution in [-0.2, 0) is 6.42 Å². The van der Waals surface area contributed by atoms with Crippen molar-refractivity contribution < 1.29 is 0 Å². The quantitative estimate of drug-likeness (QED) is 0.680. The van der Waals surface area contributed by atoms with Gasteiger partial charge < -0.3 is 5.32 Å². The molecule has 0 saturated heterocycles. The third-order valence-electron chi connectivity index (χ3n) is 2.39. The Morgan fingerprint density at radius 3 is 2.60 bits per heavy atom. The highest BCUT2D eigenvalue weighted by molar-refractivity contribution is 7.98. The van der Waals surface area contributed by atoms with Crippen molar-refractivity contribution in [1.29, 1.82) is 0 Å². The Morgan fingerprint density at radius 1 is 1.07 bits per heavy atom. The van der Waals surface area contributed by atoms with Gasteiger partial charge in [0.25, 0.3) is 0 Å². The van der Waals surface area contributed by atoms with Gasteiger partial charge in [0.05, 0.1) is 0 Å². The summed E-state index contributed by atoms with van der Waals surface area (Å²) in [6, 6.07) is 10.7. The van der Waals surface area contributed by atoms with Gasteiger partial charge in [0, 0.05) is 0 Å². The molecule has 84 valence electrons. The Morgan fingerprint density at radius 2 is 1.87 bits per heavy atom. The molecule has 0 bridgehead atoms. The van der Waals surface area contributed by atoms with E-state index in [-0.39, 0.29) is 0 Å². The van der Waals surface area contributed by atoms with Gasteiger partial charge in [-0.1, -0.05) is 30.3 Å². The lowest BCUT2D eigenvalue weighted by atomic mass is 10.1. The molecule has 1 aromatic carbocycles. The second-order valence-corrected chi connectivity index (χ2v) is 4.67. The standard InChI is InChI=1S/C13H21NS/c1-15-12-6-5-10-14-11-9-13-7-3-2-4-8-13/h2-4,7-8,14H,5-6,9-12H2,1H3. The molecule has 0 saturated carbocycles. The van der Waals surface area contributed by atoms with Crippen molar-refractivity contribution in [2.24, 2.45) is 0 Å². The monoisotopic (exact) mass is 223 g/mol. The van der Waals surface area contributed by atoms with Crippen LogP contribution in [0.25, 0.3) is 0 Å². The number of nitrogens with one attached hydrogen (secondary N) is 1. The van der Waals surface area contributed by atoms with E-state index in [9.17, 15) is 0 Å². The van der Waals surface area contributed by atoms with Crippen molar-refractivity contribution in [3.05, 3.63) is 35.9 Å². The second-order valence-electron chi connectivity index (χ2n) is 3.69. The van der Waals surface area contributed by atoms with Crippen molar-refractivity contribution in [2.45, 2.75) is 19.3 Å². The van der Waals surface area contributed by atoms with Gasteiger partial charge in [0.2, 0.25) is 0 Å². The lowest BCUT2D eigenvalue weighted by Crippen LogP contribution is -2.18. The summed E-state index contributed by atoms with van der Waals surface area (Å²) in [5, 5.41) is 3.48. The second kappa shape index (κ2) is 8.81. The van der Waals surface area contributed by atoms with Crippen molar-refractivity contribution in [1.82, 2.24) is 5.32 Å². The van der Waals surface area contributed by atoms with Gasteiger partial charge >= 0.3 is 0 Å². The lowest BCUT2D eigenvalue weighted by Gasteiger charge is -2.04. The summed E-state index contributed by atoms with van der Waals surface area (Å²) in [6.07, 6.45) is 5.95. The molecule has 1 rings (SSSR count). The van der Waals surface area contributed by atoms with E-state index >= 15 is 0 Å². The molecule has 0 atom stereocenters. The smallest absolute Gasteiger partial charge is 0.000835 e. The maximum Gasteiger partial charge on any atom is -0.000835 e. The highest BCUT2D eigenvalue weighted by Crippen LogP contribution is 1.99. The predicted molar refractivity (Wildman–Crippen MR) is 70.6 cm³/mol. The number of hydrogen-bond acceptors (Lipinski definition) is 2. The van der Waals surface area contributed by atoms with Crippen molar-refractivity contribution >= 4 is 11.8 Å². The Kier molecular flexibility index (Phi) is 7.40. The van der Waals surface area contributed by atoms with Crippen LogP contribution in [0, 0.1) is 0 Å². The summed E-state index contributed by atoms with van der Waals surface area (Å²) in [5.74, 6) is 1.29. The van der Waals surface area contributed by atoms with Crippen molar-refractivity contribution in [2.75, 3.05) is 25.1 Å². The van der Waals surface area contributed by atoms with Gasteiger partial charge in [0.1, 0.15) is 0 Å². The average molecular weight is 223 g/mol. The molecule has 0 fully saturated rings. The van der Waals surface area contributed by atoms with E-state index in [1.54, 1.807) is 0 Å². The maximum absolute atomic E-state index is 3.48. The molecule has 0 heterocycles. The van der Waals surface area contributed by atoms with Gasteiger partial charge in [-0.2, -0.15) is 11.8 Å². The molecule has 0 amide bonds. The van der Waals surface area contributed by atoms with Crippen LogP contribution in [0.2, 0.25) is 0 Å². The Balaban J connectivity index is 1.93. The average Bonchev–Trinajstić information content (AvgIpc) is 2.29. The first-order chi connectivity index (χ1) is 7.43. The number of thioether (sulfide) groups is 1. The van der Waals surface area contributed by atoms with Crippen LogP contribution < -0.4 is 5.32 Å². The zero-order valence-electron chi connectivity index (χ0n) is 9.54. The van der Waals surface area contributed by atoms with E-state index in [0.717, 1.165) is 19.5 Å². The molecule has 0 spiro atoms. The Labute approximate surface area is 97.7 Å². The number of benzene rings is 1. The van der Waals surface area contributed by atoms with Gasteiger partial charge in [-0.3, -0.25) is 0 Å². The number of rotatable bonds is 8. The summed E-state index contributed by atoms with van der Waals surface area (Å²) < 4.78 is 0. The van der Waals surface area contributed by atoms with E-state index < -0.39 is 0 Å². The fourth-order valence-corrected chi connectivity index (χ4v) is 1.99. The molecule has 0 aliphatic rings. The lowest BCUT2D eigenvalue weighted by molar-refractivity contribution is 0.642. The zero-order chi connectivity index (χ0) is 10.8. The first kappa shape index (κ1) is 12.6. The van der Waals surface area contributed by atoms with E-state index in [2.05, 4.69) is 41.9 Å². The van der Waals surface area contributed by atoms with E-state index in [1.807, 2.05) is 11.8 Å². The molecular weight excluding hydrogens is 202 g/mol. The van der Waals surface area contributed by atoms with Gasteiger partial charge in [-0.15, -0.1) is 0 Å². The highest BCUT2D eigenvalue weighted by atomic mass is 32.2. The van der Waals surface area contributed by atoms with Crippen LogP contribution in [-0.4, -0.2) is 25.1 Å². The topological polar surface area (TPSA) is 12.0 Å². The first-order valence-corrected chi connectivity index (χ1v) is 7.06. The van der Waals surface area contributed by atoms with E-state index in [4.69, 9.17) is 0 Å². The molecule has 0 aliphatic carbocycles. The number of hydrogen-bond donors (Lipinski definition) is 1.